The molecule has 0 aliphatic carbocycles. The smallest absolute Gasteiger partial charge is 0.328 e. The van der Waals surface area contributed by atoms with Gasteiger partial charge in [-0.05, 0) is 6.92 Å². The maximum Gasteiger partial charge on any atom is 0.328 e. The van der Waals surface area contributed by atoms with Crippen LogP contribution in [0, 0.1) is 0 Å². The molecular formula is C9H16N2O6. The summed E-state index contributed by atoms with van der Waals surface area (Å²) >= 11 is 0. The average Bonchev–Trinajstić information content (AvgIpc) is 2.25. The fourth-order valence-corrected chi connectivity index (χ4v) is 0.917. The Balaban J connectivity index is 4.21. The standard InChI is InChI=1S/C9H16N2O6/c1-3-17-7(13)4-11(2)9(16)10-6(5-12)8(14)15/h6,12H,3-5H2,1-2H3,(H,10,16)(H,14,15)/t6-/m1/s1. The van der Waals surface area contributed by atoms with Gasteiger partial charge in [-0.25, -0.2) is 9.59 Å². The van der Waals surface area contributed by atoms with E-state index in [1.165, 1.54) is 7.05 Å². The molecule has 8 nitrogen and oxygen atoms in total. The largest absolute Gasteiger partial charge is 0.480 e. The number of nitrogens with one attached hydrogen (secondary N) is 1. The summed E-state index contributed by atoms with van der Waals surface area (Å²) in [7, 11) is 1.31. The Bertz CT molecular complexity index is 293. The van der Waals surface area contributed by atoms with Crippen LogP contribution in [0.15, 0.2) is 0 Å². The van der Waals surface area contributed by atoms with Gasteiger partial charge >= 0.3 is 18.0 Å². The van der Waals surface area contributed by atoms with Crippen molar-refractivity contribution in [3.63, 3.8) is 0 Å². The number of amides is 2. The number of aliphatic hydroxyl groups is 1. The summed E-state index contributed by atoms with van der Waals surface area (Å²) < 4.78 is 4.62. The maximum absolute atomic E-state index is 11.4. The Labute approximate surface area is 98.2 Å². The molecule has 0 fully saturated rings. The van der Waals surface area contributed by atoms with Crippen molar-refractivity contribution in [2.24, 2.45) is 0 Å². The first kappa shape index (κ1) is 15.2. The number of hydrogen-bond donors (Lipinski definition) is 3. The molecule has 0 radical (unpaired) electrons. The monoisotopic (exact) mass is 248 g/mol. The number of carboxylic acid groups (broad SMARTS) is 1. The van der Waals surface area contributed by atoms with Gasteiger partial charge in [0.2, 0.25) is 0 Å². The molecule has 0 saturated carbocycles. The molecule has 0 aromatic heterocycles. The topological polar surface area (TPSA) is 116 Å². The van der Waals surface area contributed by atoms with Gasteiger partial charge in [-0.15, -0.1) is 0 Å². The second kappa shape index (κ2) is 7.44. The van der Waals surface area contributed by atoms with Gasteiger partial charge in [-0.3, -0.25) is 4.79 Å². The molecule has 0 aliphatic rings. The van der Waals surface area contributed by atoms with E-state index in [1.807, 2.05) is 5.32 Å². The predicted octanol–water partition coefficient (Wildman–Crippen LogP) is -1.36. The van der Waals surface area contributed by atoms with Crippen molar-refractivity contribution >= 4 is 18.0 Å². The number of carboxylic acids is 1. The highest BCUT2D eigenvalue weighted by molar-refractivity contribution is 5.85. The third-order valence-corrected chi connectivity index (χ3v) is 1.80. The second-order valence-corrected chi connectivity index (χ2v) is 3.18. The van der Waals surface area contributed by atoms with E-state index >= 15 is 0 Å². The van der Waals surface area contributed by atoms with Crippen molar-refractivity contribution in [2.45, 2.75) is 13.0 Å². The number of ether oxygens (including phenoxy) is 1. The van der Waals surface area contributed by atoms with Crippen LogP contribution in [0.25, 0.3) is 0 Å². The molecule has 0 aliphatic heterocycles. The van der Waals surface area contributed by atoms with Crippen LogP contribution in [0.5, 0.6) is 0 Å². The van der Waals surface area contributed by atoms with Crippen LogP contribution in [-0.4, -0.2) is 65.9 Å². The van der Waals surface area contributed by atoms with Crippen LogP contribution in [0.3, 0.4) is 0 Å². The molecule has 0 spiro atoms. The summed E-state index contributed by atoms with van der Waals surface area (Å²) in [5.74, 6) is -1.95. The van der Waals surface area contributed by atoms with Gasteiger partial charge in [-0.2, -0.15) is 0 Å². The lowest BCUT2D eigenvalue weighted by Crippen LogP contribution is -2.49. The van der Waals surface area contributed by atoms with Gasteiger partial charge in [0, 0.05) is 7.05 Å². The van der Waals surface area contributed by atoms with E-state index < -0.39 is 30.6 Å². The lowest BCUT2D eigenvalue weighted by Gasteiger charge is -2.19. The summed E-state index contributed by atoms with van der Waals surface area (Å²) in [5.41, 5.74) is 0. The summed E-state index contributed by atoms with van der Waals surface area (Å²) in [5, 5.41) is 19.3. The van der Waals surface area contributed by atoms with E-state index in [2.05, 4.69) is 4.74 Å². The van der Waals surface area contributed by atoms with Crippen LogP contribution in [0.1, 0.15) is 6.92 Å². The van der Waals surface area contributed by atoms with Crippen molar-refractivity contribution in [1.29, 1.82) is 0 Å². The highest BCUT2D eigenvalue weighted by Gasteiger charge is 2.21. The van der Waals surface area contributed by atoms with Crippen LogP contribution >= 0.6 is 0 Å². The van der Waals surface area contributed by atoms with Gasteiger partial charge < -0.3 is 25.2 Å². The first-order valence-electron chi connectivity index (χ1n) is 4.93. The molecule has 1 atom stereocenters. The lowest BCUT2D eigenvalue weighted by molar-refractivity contribution is -0.143. The van der Waals surface area contributed by atoms with E-state index in [0.717, 1.165) is 4.90 Å². The van der Waals surface area contributed by atoms with Gasteiger partial charge in [-0.1, -0.05) is 0 Å². The Kier molecular flexibility index (Phi) is 6.64. The Morgan fingerprint density at radius 1 is 1.41 bits per heavy atom. The molecule has 0 saturated heterocycles. The predicted molar refractivity (Wildman–Crippen MR) is 56.3 cm³/mol. The molecule has 2 amide bonds. The van der Waals surface area contributed by atoms with Crippen LogP contribution in [-0.2, 0) is 14.3 Å². The third kappa shape index (κ3) is 5.71. The molecule has 0 aromatic rings. The fraction of sp³-hybridized carbons (Fsp3) is 0.667. The number of aliphatic hydroxyl groups excluding tert-OH is 1. The molecule has 0 unspecified atom stereocenters. The van der Waals surface area contributed by atoms with Crippen molar-refractivity contribution in [1.82, 2.24) is 10.2 Å². The molecule has 17 heavy (non-hydrogen) atoms. The molecule has 0 bridgehead atoms. The van der Waals surface area contributed by atoms with Crippen LogP contribution in [0.2, 0.25) is 0 Å². The number of esters is 1. The van der Waals surface area contributed by atoms with E-state index in [9.17, 15) is 14.4 Å². The highest BCUT2D eigenvalue weighted by atomic mass is 16.5. The quantitative estimate of drug-likeness (QED) is 0.500. The normalized spacial score (nSPS) is 11.5. The van der Waals surface area contributed by atoms with Crippen molar-refractivity contribution in [3.05, 3.63) is 0 Å². The zero-order chi connectivity index (χ0) is 13.4. The molecule has 3 N–H and O–H groups in total. The van der Waals surface area contributed by atoms with Gasteiger partial charge in [0.1, 0.15) is 6.54 Å². The van der Waals surface area contributed by atoms with Crippen molar-refractivity contribution in [3.8, 4) is 0 Å². The molecular weight excluding hydrogens is 232 g/mol. The first-order valence-corrected chi connectivity index (χ1v) is 4.93. The number of likely N-dealkylation sites (N-methyl/N-ethyl adjacent to an activating group) is 1. The van der Waals surface area contributed by atoms with Gasteiger partial charge in [0.05, 0.1) is 13.2 Å². The summed E-state index contributed by atoms with van der Waals surface area (Å²) in [6, 6.07) is -2.17. The number of carbonyl (C=O) groups excluding carboxylic acids is 2. The van der Waals surface area contributed by atoms with E-state index in [0.29, 0.717) is 0 Å². The number of nitrogens with zero attached hydrogens (tertiary/aromatic N) is 1. The van der Waals surface area contributed by atoms with Crippen molar-refractivity contribution in [2.75, 3.05) is 26.8 Å². The zero-order valence-corrected chi connectivity index (χ0v) is 9.67. The van der Waals surface area contributed by atoms with Crippen LogP contribution < -0.4 is 5.32 Å². The molecule has 0 heterocycles. The third-order valence-electron chi connectivity index (χ3n) is 1.80. The first-order chi connectivity index (χ1) is 7.92. The molecule has 0 rings (SSSR count). The van der Waals surface area contributed by atoms with E-state index in [1.54, 1.807) is 6.92 Å². The number of hydrogen-bond acceptors (Lipinski definition) is 5. The maximum atomic E-state index is 11.4. The summed E-state index contributed by atoms with van der Waals surface area (Å²) in [6.07, 6.45) is 0. The van der Waals surface area contributed by atoms with Crippen LogP contribution in [0.4, 0.5) is 4.79 Å². The van der Waals surface area contributed by atoms with Crippen molar-refractivity contribution < 1.29 is 29.3 Å². The number of aliphatic carboxylic acids is 1. The highest BCUT2D eigenvalue weighted by Crippen LogP contribution is 1.90. The van der Waals surface area contributed by atoms with Gasteiger partial charge in [0.15, 0.2) is 6.04 Å². The SMILES string of the molecule is CCOC(=O)CN(C)C(=O)N[C@H](CO)C(=O)O. The Morgan fingerprint density at radius 2 is 2.00 bits per heavy atom. The summed E-state index contributed by atoms with van der Waals surface area (Å²) in [4.78, 5) is 33.9. The number of urea groups is 1. The average molecular weight is 248 g/mol. The van der Waals surface area contributed by atoms with E-state index in [-0.39, 0.29) is 13.2 Å². The Hall–Kier alpha value is -1.83. The minimum absolute atomic E-state index is 0.197. The minimum atomic E-state index is -1.40. The second-order valence-electron chi connectivity index (χ2n) is 3.18. The minimum Gasteiger partial charge on any atom is -0.480 e. The fourth-order valence-electron chi connectivity index (χ4n) is 0.917. The number of rotatable bonds is 6. The molecule has 8 heteroatoms. The molecule has 0 aromatic carbocycles. The number of carbonyl (C=O) groups is 3. The lowest BCUT2D eigenvalue weighted by atomic mass is 10.3. The van der Waals surface area contributed by atoms with E-state index in [4.69, 9.17) is 10.2 Å². The zero-order valence-electron chi connectivity index (χ0n) is 9.67. The van der Waals surface area contributed by atoms with Gasteiger partial charge in [0.25, 0.3) is 0 Å². The molecule has 98 valence electrons. The Morgan fingerprint density at radius 3 is 2.41 bits per heavy atom. The summed E-state index contributed by atoms with van der Waals surface area (Å²) in [6.45, 7) is 0.804.